The van der Waals surface area contributed by atoms with Crippen LogP contribution in [0, 0.1) is 0 Å². The average Bonchev–Trinajstić information content (AvgIpc) is 2.96. The lowest BCUT2D eigenvalue weighted by molar-refractivity contribution is 0.0950. The van der Waals surface area contributed by atoms with E-state index in [4.69, 9.17) is 11.6 Å². The summed E-state index contributed by atoms with van der Waals surface area (Å²) in [5.74, 6) is -0.170. The smallest absolute Gasteiger partial charge is 0.253 e. The Balaban J connectivity index is 1.76. The number of halogens is 1. The summed E-state index contributed by atoms with van der Waals surface area (Å²) in [6, 6.07) is 9.44. The SMILES string of the molecule is CC(C)n1ncc2cc(C(=O)NCc3cccc(Cl)c3)cnc21. The van der Waals surface area contributed by atoms with E-state index >= 15 is 0 Å². The van der Waals surface area contributed by atoms with E-state index in [1.807, 2.05) is 42.8 Å². The fraction of sp³-hybridized carbons (Fsp3) is 0.235. The van der Waals surface area contributed by atoms with Gasteiger partial charge in [0.15, 0.2) is 5.65 Å². The van der Waals surface area contributed by atoms with Gasteiger partial charge in [-0.25, -0.2) is 9.67 Å². The number of fused-ring (bicyclic) bond motifs is 1. The van der Waals surface area contributed by atoms with E-state index in [9.17, 15) is 4.79 Å². The van der Waals surface area contributed by atoms with Crippen molar-refractivity contribution in [3.8, 4) is 0 Å². The van der Waals surface area contributed by atoms with Gasteiger partial charge in [0, 0.05) is 29.2 Å². The number of carbonyl (C=O) groups excluding carboxylic acids is 1. The van der Waals surface area contributed by atoms with Crippen molar-refractivity contribution in [3.05, 3.63) is 58.9 Å². The number of pyridine rings is 1. The highest BCUT2D eigenvalue weighted by Crippen LogP contribution is 2.17. The molecule has 0 unspecified atom stereocenters. The highest BCUT2D eigenvalue weighted by atomic mass is 35.5. The molecule has 2 aromatic heterocycles. The summed E-state index contributed by atoms with van der Waals surface area (Å²) in [7, 11) is 0. The Labute approximate surface area is 139 Å². The number of amides is 1. The van der Waals surface area contributed by atoms with Crippen LogP contribution in [0.2, 0.25) is 5.02 Å². The van der Waals surface area contributed by atoms with Crippen molar-refractivity contribution >= 4 is 28.5 Å². The topological polar surface area (TPSA) is 59.8 Å². The zero-order valence-electron chi connectivity index (χ0n) is 13.0. The van der Waals surface area contributed by atoms with E-state index in [-0.39, 0.29) is 11.9 Å². The molecule has 5 nitrogen and oxygen atoms in total. The molecule has 6 heteroatoms. The molecular formula is C17H17ClN4O. The van der Waals surface area contributed by atoms with Crippen molar-refractivity contribution in [2.45, 2.75) is 26.4 Å². The van der Waals surface area contributed by atoms with Crippen LogP contribution in [-0.2, 0) is 6.54 Å². The molecule has 1 N–H and O–H groups in total. The molecule has 0 fully saturated rings. The van der Waals surface area contributed by atoms with Crippen molar-refractivity contribution < 1.29 is 4.79 Å². The number of aromatic nitrogens is 3. The first kappa shape index (κ1) is 15.5. The monoisotopic (exact) mass is 328 g/mol. The maximum Gasteiger partial charge on any atom is 0.253 e. The summed E-state index contributed by atoms with van der Waals surface area (Å²) in [6.45, 7) is 4.50. The molecule has 1 amide bonds. The van der Waals surface area contributed by atoms with Crippen LogP contribution in [0.4, 0.5) is 0 Å². The van der Waals surface area contributed by atoms with Crippen molar-refractivity contribution in [1.29, 1.82) is 0 Å². The second-order valence-corrected chi connectivity index (χ2v) is 6.07. The maximum atomic E-state index is 12.3. The first-order valence-corrected chi connectivity index (χ1v) is 7.78. The Morgan fingerprint density at radius 1 is 1.30 bits per heavy atom. The van der Waals surface area contributed by atoms with Gasteiger partial charge in [0.2, 0.25) is 0 Å². The van der Waals surface area contributed by atoms with Crippen molar-refractivity contribution in [1.82, 2.24) is 20.1 Å². The summed E-state index contributed by atoms with van der Waals surface area (Å²) >= 11 is 5.94. The molecule has 1 aromatic carbocycles. The zero-order valence-corrected chi connectivity index (χ0v) is 13.7. The highest BCUT2D eigenvalue weighted by Gasteiger charge is 2.11. The van der Waals surface area contributed by atoms with Crippen molar-refractivity contribution in [2.24, 2.45) is 0 Å². The lowest BCUT2D eigenvalue weighted by Gasteiger charge is -2.07. The molecule has 3 aromatic rings. The third-order valence-electron chi connectivity index (χ3n) is 3.53. The van der Waals surface area contributed by atoms with Crippen molar-refractivity contribution in [3.63, 3.8) is 0 Å². The third-order valence-corrected chi connectivity index (χ3v) is 3.76. The molecule has 0 aliphatic heterocycles. The minimum Gasteiger partial charge on any atom is -0.348 e. The van der Waals surface area contributed by atoms with Gasteiger partial charge in [-0.2, -0.15) is 5.10 Å². The van der Waals surface area contributed by atoms with Gasteiger partial charge >= 0.3 is 0 Å². The fourth-order valence-corrected chi connectivity index (χ4v) is 2.59. The van der Waals surface area contributed by atoms with Crippen LogP contribution in [0.1, 0.15) is 35.8 Å². The molecule has 0 spiro atoms. The van der Waals surface area contributed by atoms with Crippen molar-refractivity contribution in [2.75, 3.05) is 0 Å². The molecule has 2 heterocycles. The Morgan fingerprint density at radius 2 is 2.13 bits per heavy atom. The van der Waals surface area contributed by atoms with Gasteiger partial charge in [-0.3, -0.25) is 4.79 Å². The van der Waals surface area contributed by atoms with Gasteiger partial charge in [-0.15, -0.1) is 0 Å². The van der Waals surface area contributed by atoms with Gasteiger partial charge in [0.05, 0.1) is 11.8 Å². The quantitative estimate of drug-likeness (QED) is 0.796. The molecule has 3 rings (SSSR count). The predicted molar refractivity (Wildman–Crippen MR) is 90.5 cm³/mol. The Morgan fingerprint density at radius 3 is 2.87 bits per heavy atom. The van der Waals surface area contributed by atoms with E-state index in [0.717, 1.165) is 16.6 Å². The number of hydrogen-bond donors (Lipinski definition) is 1. The summed E-state index contributed by atoms with van der Waals surface area (Å²) in [5, 5.41) is 8.69. The highest BCUT2D eigenvalue weighted by molar-refractivity contribution is 6.30. The summed E-state index contributed by atoms with van der Waals surface area (Å²) < 4.78 is 1.84. The second-order valence-electron chi connectivity index (χ2n) is 5.63. The van der Waals surface area contributed by atoms with E-state index in [2.05, 4.69) is 15.4 Å². The second kappa shape index (κ2) is 6.38. The minimum atomic E-state index is -0.170. The summed E-state index contributed by atoms with van der Waals surface area (Å²) in [4.78, 5) is 16.6. The van der Waals surface area contributed by atoms with Crippen LogP contribution in [0.15, 0.2) is 42.7 Å². The molecule has 0 saturated heterocycles. The first-order valence-electron chi connectivity index (χ1n) is 7.40. The Bertz CT molecular complexity index is 857. The standard InChI is InChI=1S/C17H17ClN4O/c1-11(2)22-16-13(10-21-22)7-14(9-19-16)17(23)20-8-12-4-3-5-15(18)6-12/h3-7,9-11H,8H2,1-2H3,(H,20,23). The molecule has 0 bridgehead atoms. The first-order chi connectivity index (χ1) is 11.0. The Hall–Kier alpha value is -2.40. The van der Waals surface area contributed by atoms with Crippen LogP contribution in [0.5, 0.6) is 0 Å². The maximum absolute atomic E-state index is 12.3. The van der Waals surface area contributed by atoms with Crippen LogP contribution in [0.3, 0.4) is 0 Å². The molecule has 0 saturated carbocycles. The summed E-state index contributed by atoms with van der Waals surface area (Å²) in [5.41, 5.74) is 2.25. The van der Waals surface area contributed by atoms with Gasteiger partial charge in [0.25, 0.3) is 5.91 Å². The zero-order chi connectivity index (χ0) is 16.4. The minimum absolute atomic E-state index is 0.170. The number of rotatable bonds is 4. The van der Waals surface area contributed by atoms with Gasteiger partial charge in [-0.05, 0) is 37.6 Å². The fourth-order valence-electron chi connectivity index (χ4n) is 2.37. The molecule has 0 aliphatic carbocycles. The normalized spacial score (nSPS) is 11.1. The van der Waals surface area contributed by atoms with E-state index in [1.54, 1.807) is 18.5 Å². The Kier molecular flexibility index (Phi) is 4.30. The number of hydrogen-bond acceptors (Lipinski definition) is 3. The van der Waals surface area contributed by atoms with E-state index < -0.39 is 0 Å². The van der Waals surface area contributed by atoms with Crippen LogP contribution < -0.4 is 5.32 Å². The molecule has 0 atom stereocenters. The third kappa shape index (κ3) is 3.35. The molecular weight excluding hydrogens is 312 g/mol. The van der Waals surface area contributed by atoms with E-state index in [0.29, 0.717) is 17.1 Å². The largest absolute Gasteiger partial charge is 0.348 e. The number of nitrogens with zero attached hydrogens (tertiary/aromatic N) is 3. The van der Waals surface area contributed by atoms with Crippen LogP contribution in [-0.4, -0.2) is 20.7 Å². The van der Waals surface area contributed by atoms with Crippen LogP contribution in [0.25, 0.3) is 11.0 Å². The number of benzene rings is 1. The summed E-state index contributed by atoms with van der Waals surface area (Å²) in [6.07, 6.45) is 3.31. The molecule has 23 heavy (non-hydrogen) atoms. The van der Waals surface area contributed by atoms with Crippen LogP contribution >= 0.6 is 11.6 Å². The predicted octanol–water partition coefficient (Wildman–Crippen LogP) is 3.60. The molecule has 118 valence electrons. The number of nitrogens with one attached hydrogen (secondary N) is 1. The van der Waals surface area contributed by atoms with E-state index in [1.165, 1.54) is 0 Å². The number of carbonyl (C=O) groups is 1. The average molecular weight is 329 g/mol. The van der Waals surface area contributed by atoms with Gasteiger partial charge in [-0.1, -0.05) is 23.7 Å². The molecule has 0 aliphatic rings. The molecule has 0 radical (unpaired) electrons. The lowest BCUT2D eigenvalue weighted by atomic mass is 10.2. The van der Waals surface area contributed by atoms with Gasteiger partial charge in [0.1, 0.15) is 0 Å². The van der Waals surface area contributed by atoms with Gasteiger partial charge < -0.3 is 5.32 Å². The lowest BCUT2D eigenvalue weighted by Crippen LogP contribution is -2.22.